The summed E-state index contributed by atoms with van der Waals surface area (Å²) in [7, 11) is 0. The number of carbonyl (C=O) groups excluding carboxylic acids is 1. The average molecular weight is 453 g/mol. The van der Waals surface area contributed by atoms with Crippen molar-refractivity contribution in [1.82, 2.24) is 9.55 Å². The Bertz CT molecular complexity index is 833. The van der Waals surface area contributed by atoms with E-state index >= 15 is 0 Å². The van der Waals surface area contributed by atoms with Gasteiger partial charge >= 0.3 is 5.69 Å². The molecule has 2 rings (SSSR count). The number of aromatic nitrogens is 2. The molecule has 0 unspecified atom stereocenters. The van der Waals surface area contributed by atoms with Crippen molar-refractivity contribution in [2.45, 2.75) is 115 Å². The lowest BCUT2D eigenvalue weighted by atomic mass is 9.87. The van der Waals surface area contributed by atoms with Crippen LogP contribution in [0.3, 0.4) is 0 Å². The number of hydrogen-bond donors (Lipinski definition) is 3. The third-order valence-corrected chi connectivity index (χ3v) is 6.45. The SMILES string of the molecule is CCCCCCCCCCCCCC(=O)[C@]1(O)C[C@H](n2cc(C)c(=O)[nH]c2=O)O[C@@H]1CO. The van der Waals surface area contributed by atoms with Crippen molar-refractivity contribution in [2.75, 3.05) is 6.61 Å². The largest absolute Gasteiger partial charge is 0.394 e. The number of H-pyrrole nitrogens is 1. The number of carbonyl (C=O) groups is 1. The Morgan fingerprint density at radius 2 is 1.66 bits per heavy atom. The molecule has 32 heavy (non-hydrogen) atoms. The van der Waals surface area contributed by atoms with Gasteiger partial charge in [-0.1, -0.05) is 71.1 Å². The first kappa shape index (κ1) is 26.5. The van der Waals surface area contributed by atoms with Crippen molar-refractivity contribution >= 4 is 5.78 Å². The molecule has 182 valence electrons. The van der Waals surface area contributed by atoms with Crippen molar-refractivity contribution in [3.05, 3.63) is 32.6 Å². The standard InChI is InChI=1S/C24H40N2O6/c1-3-4-5-6-7-8-9-10-11-12-13-14-19(28)24(31)15-21(32-20(24)17-27)26-16-18(2)22(29)25-23(26)30/h16,20-21,27,31H,3-15,17H2,1-2H3,(H,25,29,30)/t20-,21-,24-/m1/s1. The van der Waals surface area contributed by atoms with E-state index in [0.29, 0.717) is 12.0 Å². The first-order valence-electron chi connectivity index (χ1n) is 12.2. The molecule has 0 spiro atoms. The molecule has 8 nitrogen and oxygen atoms in total. The van der Waals surface area contributed by atoms with Crippen molar-refractivity contribution < 1.29 is 19.7 Å². The first-order chi connectivity index (χ1) is 15.3. The van der Waals surface area contributed by atoms with Crippen LogP contribution in [0.15, 0.2) is 15.8 Å². The number of aromatic amines is 1. The molecule has 0 radical (unpaired) electrons. The zero-order chi connectivity index (χ0) is 23.6. The molecule has 1 saturated heterocycles. The van der Waals surface area contributed by atoms with E-state index < -0.39 is 35.8 Å². The lowest BCUT2D eigenvalue weighted by Gasteiger charge is -2.25. The number of nitrogens with one attached hydrogen (secondary N) is 1. The third kappa shape index (κ3) is 7.12. The van der Waals surface area contributed by atoms with E-state index in [2.05, 4.69) is 11.9 Å². The molecular weight excluding hydrogens is 412 g/mol. The number of Topliss-reactive ketones (excluding diaryl/α,β-unsaturated/α-hetero) is 1. The first-order valence-corrected chi connectivity index (χ1v) is 12.2. The second-order valence-electron chi connectivity index (χ2n) is 9.08. The maximum Gasteiger partial charge on any atom is 0.330 e. The third-order valence-electron chi connectivity index (χ3n) is 6.45. The molecule has 2 heterocycles. The van der Waals surface area contributed by atoms with E-state index in [1.54, 1.807) is 6.92 Å². The van der Waals surface area contributed by atoms with Crippen LogP contribution >= 0.6 is 0 Å². The van der Waals surface area contributed by atoms with Crippen LogP contribution in [0.2, 0.25) is 0 Å². The molecule has 1 aromatic rings. The van der Waals surface area contributed by atoms with Crippen LogP contribution in [0.1, 0.15) is 102 Å². The van der Waals surface area contributed by atoms with Gasteiger partial charge in [0.15, 0.2) is 11.4 Å². The normalized spacial score (nSPS) is 23.0. The molecular formula is C24H40N2O6. The van der Waals surface area contributed by atoms with Gasteiger partial charge in [-0.2, -0.15) is 0 Å². The summed E-state index contributed by atoms with van der Waals surface area (Å²) in [5.74, 6) is -0.371. The van der Waals surface area contributed by atoms with E-state index in [0.717, 1.165) is 23.8 Å². The second-order valence-corrected chi connectivity index (χ2v) is 9.08. The molecule has 0 bridgehead atoms. The van der Waals surface area contributed by atoms with Gasteiger partial charge in [-0.25, -0.2) is 4.79 Å². The van der Waals surface area contributed by atoms with Crippen LogP contribution in [0.5, 0.6) is 0 Å². The summed E-state index contributed by atoms with van der Waals surface area (Å²) in [4.78, 5) is 38.7. The fourth-order valence-corrected chi connectivity index (χ4v) is 4.37. The zero-order valence-corrected chi connectivity index (χ0v) is 19.6. The van der Waals surface area contributed by atoms with Crippen molar-refractivity contribution in [2.24, 2.45) is 0 Å². The molecule has 8 heteroatoms. The molecule has 3 N–H and O–H groups in total. The predicted octanol–water partition coefficient (Wildman–Crippen LogP) is 3.13. The summed E-state index contributed by atoms with van der Waals surface area (Å²) in [6.07, 6.45) is 12.2. The molecule has 0 aromatic carbocycles. The highest BCUT2D eigenvalue weighted by atomic mass is 16.5. The highest BCUT2D eigenvalue weighted by molar-refractivity contribution is 5.88. The Labute approximate surface area is 190 Å². The van der Waals surface area contributed by atoms with E-state index in [4.69, 9.17) is 4.74 Å². The number of aryl methyl sites for hydroxylation is 1. The topological polar surface area (TPSA) is 122 Å². The van der Waals surface area contributed by atoms with Gasteiger partial charge in [0.05, 0.1) is 6.61 Å². The van der Waals surface area contributed by atoms with Crippen LogP contribution in [0.4, 0.5) is 0 Å². The van der Waals surface area contributed by atoms with E-state index in [1.807, 2.05) is 0 Å². The van der Waals surface area contributed by atoms with Gasteiger partial charge in [0.2, 0.25) is 0 Å². The number of rotatable bonds is 15. The summed E-state index contributed by atoms with van der Waals surface area (Å²) in [6.45, 7) is 3.24. The Morgan fingerprint density at radius 1 is 1.09 bits per heavy atom. The van der Waals surface area contributed by atoms with Crippen LogP contribution in [-0.2, 0) is 9.53 Å². The fraction of sp³-hybridized carbons (Fsp3) is 0.792. The number of hydrogen-bond acceptors (Lipinski definition) is 6. The Balaban J connectivity index is 1.78. The number of nitrogens with zero attached hydrogens (tertiary/aromatic N) is 1. The molecule has 1 aliphatic heterocycles. The number of aliphatic hydroxyl groups excluding tert-OH is 1. The van der Waals surface area contributed by atoms with Gasteiger partial charge in [0.25, 0.3) is 5.56 Å². The van der Waals surface area contributed by atoms with Crippen molar-refractivity contribution in [3.63, 3.8) is 0 Å². The maximum absolute atomic E-state index is 12.8. The van der Waals surface area contributed by atoms with Crippen molar-refractivity contribution in [3.8, 4) is 0 Å². The molecule has 1 aromatic heterocycles. The minimum Gasteiger partial charge on any atom is -0.394 e. The van der Waals surface area contributed by atoms with Gasteiger partial charge in [-0.3, -0.25) is 19.1 Å². The van der Waals surface area contributed by atoms with Crippen molar-refractivity contribution in [1.29, 1.82) is 0 Å². The second kappa shape index (κ2) is 13.1. The number of aliphatic hydroxyl groups is 2. The van der Waals surface area contributed by atoms with Crippen LogP contribution in [0.25, 0.3) is 0 Å². The van der Waals surface area contributed by atoms with Gasteiger partial charge < -0.3 is 14.9 Å². The molecule has 0 amide bonds. The quantitative estimate of drug-likeness (QED) is 0.352. The Kier molecular flexibility index (Phi) is 10.8. The lowest BCUT2D eigenvalue weighted by Crippen LogP contribution is -2.47. The zero-order valence-electron chi connectivity index (χ0n) is 19.6. The maximum atomic E-state index is 12.8. The molecule has 1 fully saturated rings. The predicted molar refractivity (Wildman–Crippen MR) is 123 cm³/mol. The number of unbranched alkanes of at least 4 members (excludes halogenated alkanes) is 10. The van der Waals surface area contributed by atoms with Crippen LogP contribution in [0, 0.1) is 6.92 Å². The minimum atomic E-state index is -1.85. The summed E-state index contributed by atoms with van der Waals surface area (Å²) in [5.41, 5.74) is -2.70. The monoisotopic (exact) mass is 452 g/mol. The molecule has 1 aliphatic rings. The van der Waals surface area contributed by atoms with Gasteiger partial charge in [0, 0.05) is 24.6 Å². The lowest BCUT2D eigenvalue weighted by molar-refractivity contribution is -0.146. The van der Waals surface area contributed by atoms with Gasteiger partial charge in [0.1, 0.15) is 12.3 Å². The summed E-state index contributed by atoms with van der Waals surface area (Å²) in [6, 6.07) is 0. The van der Waals surface area contributed by atoms with E-state index in [1.165, 1.54) is 51.1 Å². The number of ether oxygens (including phenoxy) is 1. The summed E-state index contributed by atoms with van der Waals surface area (Å²) in [5, 5.41) is 20.7. The van der Waals surface area contributed by atoms with Gasteiger partial charge in [-0.15, -0.1) is 0 Å². The van der Waals surface area contributed by atoms with E-state index in [-0.39, 0.29) is 18.6 Å². The summed E-state index contributed by atoms with van der Waals surface area (Å²) < 4.78 is 6.80. The Hall–Kier alpha value is -1.77. The minimum absolute atomic E-state index is 0.138. The fourth-order valence-electron chi connectivity index (χ4n) is 4.37. The molecule has 3 atom stereocenters. The highest BCUT2D eigenvalue weighted by Crippen LogP contribution is 2.37. The highest BCUT2D eigenvalue weighted by Gasteiger charge is 2.52. The average Bonchev–Trinajstić information content (AvgIpc) is 3.12. The van der Waals surface area contributed by atoms with Crippen LogP contribution in [-0.4, -0.2) is 43.9 Å². The van der Waals surface area contributed by atoms with E-state index in [9.17, 15) is 24.6 Å². The van der Waals surface area contributed by atoms with Crippen LogP contribution < -0.4 is 11.2 Å². The van der Waals surface area contributed by atoms with Gasteiger partial charge in [-0.05, 0) is 13.3 Å². The Morgan fingerprint density at radius 3 is 2.22 bits per heavy atom. The summed E-state index contributed by atoms with van der Waals surface area (Å²) >= 11 is 0. The smallest absolute Gasteiger partial charge is 0.330 e. The number of ketones is 1. The molecule has 0 aliphatic carbocycles. The molecule has 0 saturated carbocycles.